The summed E-state index contributed by atoms with van der Waals surface area (Å²) in [6.45, 7) is 1.77. The summed E-state index contributed by atoms with van der Waals surface area (Å²) in [6, 6.07) is 9.33. The molecule has 0 atom stereocenters. The molecule has 0 unspecified atom stereocenters. The number of ketones is 1. The average molecular weight is 291 g/mol. The quantitative estimate of drug-likeness (QED) is 0.816. The first-order valence-electron chi connectivity index (χ1n) is 5.23. The van der Waals surface area contributed by atoms with Gasteiger partial charge in [-0.1, -0.05) is 34.1 Å². The number of halogens is 1. The highest BCUT2D eigenvalue weighted by Gasteiger charge is 2.10. The fourth-order valence-electron chi connectivity index (χ4n) is 1.52. The van der Waals surface area contributed by atoms with Crippen molar-refractivity contribution >= 4 is 21.7 Å². The molecule has 4 heteroatoms. The Labute approximate surface area is 108 Å². The number of nitrogens with zero attached hydrogens (tertiary/aromatic N) is 2. The Hall–Kier alpha value is -1.55. The lowest BCUT2D eigenvalue weighted by Crippen LogP contribution is -2.07. The molecule has 1 aromatic heterocycles. The number of benzene rings is 1. The van der Waals surface area contributed by atoms with Crippen LogP contribution in [0.2, 0.25) is 0 Å². The van der Waals surface area contributed by atoms with Gasteiger partial charge in [0.15, 0.2) is 5.78 Å². The van der Waals surface area contributed by atoms with E-state index in [0.29, 0.717) is 17.9 Å². The van der Waals surface area contributed by atoms with Crippen LogP contribution in [0, 0.1) is 6.92 Å². The van der Waals surface area contributed by atoms with Crippen LogP contribution < -0.4 is 0 Å². The normalized spacial score (nSPS) is 10.2. The second kappa shape index (κ2) is 5.19. The zero-order valence-electron chi connectivity index (χ0n) is 9.35. The fraction of sp³-hybridized carbons (Fsp3) is 0.154. The van der Waals surface area contributed by atoms with Gasteiger partial charge in [-0.05, 0) is 24.6 Å². The van der Waals surface area contributed by atoms with Crippen molar-refractivity contribution in [3.05, 3.63) is 58.1 Å². The minimum atomic E-state index is 0.00222. The molecule has 3 nitrogen and oxygen atoms in total. The number of aromatic nitrogens is 2. The highest BCUT2D eigenvalue weighted by molar-refractivity contribution is 9.10. The van der Waals surface area contributed by atoms with Crippen molar-refractivity contribution in [3.8, 4) is 0 Å². The number of Topliss-reactive ketones (excluding diaryl/α,β-unsaturated/α-hetero) is 1. The SMILES string of the molecule is Cc1nccc(C(=O)Cc2ccccc2Br)n1. The zero-order valence-corrected chi connectivity index (χ0v) is 10.9. The minimum absolute atomic E-state index is 0.00222. The van der Waals surface area contributed by atoms with Crippen LogP contribution in [-0.2, 0) is 6.42 Å². The van der Waals surface area contributed by atoms with E-state index in [1.165, 1.54) is 0 Å². The second-order valence-corrected chi connectivity index (χ2v) is 4.53. The molecule has 0 aliphatic rings. The molecular formula is C13H11BrN2O. The largest absolute Gasteiger partial charge is 0.292 e. The molecule has 0 bridgehead atoms. The molecule has 0 radical (unpaired) electrons. The number of hydrogen-bond donors (Lipinski definition) is 0. The van der Waals surface area contributed by atoms with Crippen LogP contribution in [0.3, 0.4) is 0 Å². The maximum absolute atomic E-state index is 12.0. The lowest BCUT2D eigenvalue weighted by Gasteiger charge is -2.03. The molecule has 2 rings (SSSR count). The molecule has 0 aliphatic carbocycles. The minimum Gasteiger partial charge on any atom is -0.292 e. The van der Waals surface area contributed by atoms with Crippen LogP contribution in [-0.4, -0.2) is 15.8 Å². The standard InChI is InChI=1S/C13H11BrN2O/c1-9-15-7-6-12(16-9)13(17)8-10-4-2-3-5-11(10)14/h2-7H,8H2,1H3. The van der Waals surface area contributed by atoms with Crippen molar-refractivity contribution in [3.63, 3.8) is 0 Å². The first kappa shape index (κ1) is 11.9. The zero-order chi connectivity index (χ0) is 12.3. The van der Waals surface area contributed by atoms with Gasteiger partial charge >= 0.3 is 0 Å². The fourth-order valence-corrected chi connectivity index (χ4v) is 1.94. The summed E-state index contributed by atoms with van der Waals surface area (Å²) >= 11 is 3.43. The molecule has 17 heavy (non-hydrogen) atoms. The van der Waals surface area contributed by atoms with Crippen LogP contribution in [0.15, 0.2) is 41.0 Å². The van der Waals surface area contributed by atoms with E-state index in [1.807, 2.05) is 24.3 Å². The predicted molar refractivity (Wildman–Crippen MR) is 68.9 cm³/mol. The van der Waals surface area contributed by atoms with Crippen LogP contribution >= 0.6 is 15.9 Å². The molecule has 86 valence electrons. The lowest BCUT2D eigenvalue weighted by atomic mass is 10.1. The van der Waals surface area contributed by atoms with Gasteiger partial charge in [-0.15, -0.1) is 0 Å². The third kappa shape index (κ3) is 2.97. The Kier molecular flexibility index (Phi) is 3.64. The molecule has 0 fully saturated rings. The third-order valence-corrected chi connectivity index (χ3v) is 3.14. The maximum Gasteiger partial charge on any atom is 0.185 e. The Morgan fingerprint density at radius 1 is 1.29 bits per heavy atom. The molecule has 0 spiro atoms. The molecule has 1 heterocycles. The Morgan fingerprint density at radius 3 is 2.76 bits per heavy atom. The van der Waals surface area contributed by atoms with Gasteiger partial charge in [0.2, 0.25) is 0 Å². The number of carbonyl (C=O) groups excluding carboxylic acids is 1. The van der Waals surface area contributed by atoms with E-state index >= 15 is 0 Å². The van der Waals surface area contributed by atoms with Crippen LogP contribution in [0.25, 0.3) is 0 Å². The van der Waals surface area contributed by atoms with Gasteiger partial charge < -0.3 is 0 Å². The number of hydrogen-bond acceptors (Lipinski definition) is 3. The van der Waals surface area contributed by atoms with Crippen LogP contribution in [0.5, 0.6) is 0 Å². The average Bonchev–Trinajstić information content (AvgIpc) is 2.32. The number of carbonyl (C=O) groups is 1. The lowest BCUT2D eigenvalue weighted by molar-refractivity contribution is 0.0987. The van der Waals surface area contributed by atoms with Crippen LogP contribution in [0.4, 0.5) is 0 Å². The molecular weight excluding hydrogens is 280 g/mol. The molecule has 1 aromatic carbocycles. The van der Waals surface area contributed by atoms with Gasteiger partial charge in [0.05, 0.1) is 0 Å². The van der Waals surface area contributed by atoms with Gasteiger partial charge in [0.1, 0.15) is 11.5 Å². The van der Waals surface area contributed by atoms with Crippen LogP contribution in [0.1, 0.15) is 21.9 Å². The monoisotopic (exact) mass is 290 g/mol. The molecule has 0 amide bonds. The first-order chi connectivity index (χ1) is 8.16. The predicted octanol–water partition coefficient (Wildman–Crippen LogP) is 2.97. The molecule has 2 aromatic rings. The second-order valence-electron chi connectivity index (χ2n) is 3.68. The van der Waals surface area contributed by atoms with E-state index in [4.69, 9.17) is 0 Å². The van der Waals surface area contributed by atoms with E-state index in [-0.39, 0.29) is 5.78 Å². The van der Waals surface area contributed by atoms with Gasteiger partial charge in [-0.3, -0.25) is 4.79 Å². The van der Waals surface area contributed by atoms with Gasteiger partial charge in [0.25, 0.3) is 0 Å². The van der Waals surface area contributed by atoms with Gasteiger partial charge in [-0.25, -0.2) is 9.97 Å². The summed E-state index contributed by atoms with van der Waals surface area (Å²) in [4.78, 5) is 20.1. The molecule has 0 saturated carbocycles. The molecule has 0 saturated heterocycles. The van der Waals surface area contributed by atoms with Crippen molar-refractivity contribution in [1.29, 1.82) is 0 Å². The van der Waals surface area contributed by atoms with Crippen molar-refractivity contribution in [2.45, 2.75) is 13.3 Å². The smallest absolute Gasteiger partial charge is 0.185 e. The highest BCUT2D eigenvalue weighted by atomic mass is 79.9. The van der Waals surface area contributed by atoms with E-state index in [0.717, 1.165) is 10.0 Å². The van der Waals surface area contributed by atoms with Crippen molar-refractivity contribution in [2.24, 2.45) is 0 Å². The maximum atomic E-state index is 12.0. The van der Waals surface area contributed by atoms with E-state index in [9.17, 15) is 4.79 Å². The highest BCUT2D eigenvalue weighted by Crippen LogP contribution is 2.17. The van der Waals surface area contributed by atoms with Crippen molar-refractivity contribution < 1.29 is 4.79 Å². The topological polar surface area (TPSA) is 42.9 Å². The van der Waals surface area contributed by atoms with E-state index in [2.05, 4.69) is 25.9 Å². The summed E-state index contributed by atoms with van der Waals surface area (Å²) in [5.74, 6) is 0.616. The summed E-state index contributed by atoms with van der Waals surface area (Å²) in [6.07, 6.45) is 1.95. The first-order valence-corrected chi connectivity index (χ1v) is 6.02. The number of aryl methyl sites for hydroxylation is 1. The number of rotatable bonds is 3. The molecule has 0 N–H and O–H groups in total. The Morgan fingerprint density at radius 2 is 2.06 bits per heavy atom. The van der Waals surface area contributed by atoms with E-state index < -0.39 is 0 Å². The summed E-state index contributed by atoms with van der Waals surface area (Å²) in [7, 11) is 0. The Bertz CT molecular complexity index is 555. The van der Waals surface area contributed by atoms with Gasteiger partial charge in [0, 0.05) is 17.1 Å². The third-order valence-electron chi connectivity index (χ3n) is 2.37. The van der Waals surface area contributed by atoms with Crippen molar-refractivity contribution in [1.82, 2.24) is 9.97 Å². The van der Waals surface area contributed by atoms with E-state index in [1.54, 1.807) is 19.2 Å². The van der Waals surface area contributed by atoms with Gasteiger partial charge in [-0.2, -0.15) is 0 Å². The Balaban J connectivity index is 2.20. The molecule has 0 aliphatic heterocycles. The van der Waals surface area contributed by atoms with Crippen molar-refractivity contribution in [2.75, 3.05) is 0 Å². The summed E-state index contributed by atoms with van der Waals surface area (Å²) < 4.78 is 0.944. The summed E-state index contributed by atoms with van der Waals surface area (Å²) in [5, 5.41) is 0. The summed E-state index contributed by atoms with van der Waals surface area (Å²) in [5.41, 5.74) is 1.43.